The molecule has 1 aromatic heterocycles. The molecular formula is C16H23ClN2O. The van der Waals surface area contributed by atoms with Gasteiger partial charge in [-0.05, 0) is 24.0 Å². The molecule has 0 aliphatic carbocycles. The van der Waals surface area contributed by atoms with E-state index in [2.05, 4.69) is 31.4 Å². The van der Waals surface area contributed by atoms with Crippen LogP contribution in [0.4, 0.5) is 0 Å². The topological polar surface area (TPSA) is 27.1 Å². The fourth-order valence-corrected chi connectivity index (χ4v) is 2.44. The van der Waals surface area contributed by atoms with Gasteiger partial charge >= 0.3 is 0 Å². The van der Waals surface area contributed by atoms with E-state index < -0.39 is 0 Å². The highest BCUT2D eigenvalue weighted by Crippen LogP contribution is 2.28. The lowest BCUT2D eigenvalue weighted by Gasteiger charge is -2.24. The zero-order chi connectivity index (χ0) is 14.8. The summed E-state index contributed by atoms with van der Waals surface area (Å²) in [6.07, 6.45) is 1.91. The average molecular weight is 295 g/mol. The molecule has 0 bridgehead atoms. The number of halogens is 1. The highest BCUT2D eigenvalue weighted by atomic mass is 35.5. The van der Waals surface area contributed by atoms with Gasteiger partial charge in [0.2, 0.25) is 0 Å². The normalized spacial score (nSPS) is 12.1. The first-order valence-electron chi connectivity index (χ1n) is 7.10. The van der Waals surface area contributed by atoms with E-state index in [1.165, 1.54) is 0 Å². The lowest BCUT2D eigenvalue weighted by atomic mass is 9.90. The maximum Gasteiger partial charge on any atom is 0.121 e. The van der Waals surface area contributed by atoms with E-state index >= 15 is 0 Å². The van der Waals surface area contributed by atoms with E-state index in [-0.39, 0.29) is 5.41 Å². The van der Waals surface area contributed by atoms with Crippen molar-refractivity contribution < 1.29 is 4.74 Å². The van der Waals surface area contributed by atoms with E-state index in [4.69, 9.17) is 21.3 Å². The number of nitrogens with zero attached hydrogens (tertiary/aromatic N) is 2. The maximum atomic E-state index is 5.92. The summed E-state index contributed by atoms with van der Waals surface area (Å²) < 4.78 is 7.63. The summed E-state index contributed by atoms with van der Waals surface area (Å²) in [5.41, 5.74) is 2.38. The summed E-state index contributed by atoms with van der Waals surface area (Å²) in [6, 6.07) is 6.03. The quantitative estimate of drug-likeness (QED) is 0.744. The van der Waals surface area contributed by atoms with Crippen molar-refractivity contribution in [3.05, 3.63) is 24.0 Å². The van der Waals surface area contributed by atoms with Crippen LogP contribution in [0.25, 0.3) is 11.0 Å². The molecule has 0 amide bonds. The third-order valence-corrected chi connectivity index (χ3v) is 4.08. The molecule has 0 aliphatic heterocycles. The van der Waals surface area contributed by atoms with Gasteiger partial charge in [-0.2, -0.15) is 0 Å². The summed E-state index contributed by atoms with van der Waals surface area (Å²) in [7, 11) is 1.69. The predicted molar refractivity (Wildman–Crippen MR) is 84.8 cm³/mol. The van der Waals surface area contributed by atoms with E-state index in [0.717, 1.165) is 42.0 Å². The van der Waals surface area contributed by atoms with Crippen LogP contribution < -0.4 is 4.74 Å². The number of benzene rings is 1. The number of hydrogen-bond acceptors (Lipinski definition) is 2. The zero-order valence-electron chi connectivity index (χ0n) is 12.7. The smallest absolute Gasteiger partial charge is 0.121 e. The summed E-state index contributed by atoms with van der Waals surface area (Å²) in [5, 5.41) is 0. The molecule has 1 aromatic carbocycles. The Morgan fingerprint density at radius 1 is 1.35 bits per heavy atom. The van der Waals surface area contributed by atoms with Gasteiger partial charge in [0, 0.05) is 24.9 Å². The molecule has 110 valence electrons. The fourth-order valence-electron chi connectivity index (χ4n) is 2.27. The number of ether oxygens (including phenoxy) is 1. The molecule has 0 atom stereocenters. The van der Waals surface area contributed by atoms with Gasteiger partial charge in [0.05, 0.1) is 18.1 Å². The van der Waals surface area contributed by atoms with E-state index in [0.29, 0.717) is 5.88 Å². The van der Waals surface area contributed by atoms with Crippen LogP contribution in [-0.2, 0) is 13.0 Å². The molecule has 4 heteroatoms. The molecule has 0 fully saturated rings. The van der Waals surface area contributed by atoms with Gasteiger partial charge in [-0.25, -0.2) is 4.98 Å². The van der Waals surface area contributed by atoms with Crippen LogP contribution in [-0.4, -0.2) is 22.5 Å². The Morgan fingerprint density at radius 2 is 2.10 bits per heavy atom. The van der Waals surface area contributed by atoms with E-state index in [1.807, 2.05) is 12.1 Å². The van der Waals surface area contributed by atoms with Crippen molar-refractivity contribution in [1.82, 2.24) is 9.55 Å². The number of alkyl halides is 1. The Balaban J connectivity index is 2.53. The monoisotopic (exact) mass is 294 g/mol. The number of hydrogen-bond donors (Lipinski definition) is 0. The minimum absolute atomic E-state index is 0.234. The molecular weight excluding hydrogens is 272 g/mol. The fraction of sp³-hybridized carbons (Fsp3) is 0.562. The van der Waals surface area contributed by atoms with Gasteiger partial charge in [-0.15, -0.1) is 11.6 Å². The number of fused-ring (bicyclic) bond motifs is 1. The number of aromatic nitrogens is 2. The van der Waals surface area contributed by atoms with Crippen molar-refractivity contribution in [3.8, 4) is 5.75 Å². The molecule has 2 rings (SSSR count). The summed E-state index contributed by atoms with van der Waals surface area (Å²) in [4.78, 5) is 4.72. The second-order valence-electron chi connectivity index (χ2n) is 5.93. The van der Waals surface area contributed by atoms with Crippen LogP contribution >= 0.6 is 11.6 Å². The van der Waals surface area contributed by atoms with Crippen LogP contribution in [0.3, 0.4) is 0 Å². The van der Waals surface area contributed by atoms with Gasteiger partial charge < -0.3 is 9.30 Å². The van der Waals surface area contributed by atoms with Crippen molar-refractivity contribution in [3.63, 3.8) is 0 Å². The first kappa shape index (κ1) is 15.2. The third kappa shape index (κ3) is 3.09. The first-order valence-corrected chi connectivity index (χ1v) is 7.63. The molecule has 0 aliphatic rings. The van der Waals surface area contributed by atoms with Crippen LogP contribution in [0, 0.1) is 5.41 Å². The van der Waals surface area contributed by atoms with Crippen molar-refractivity contribution in [2.45, 2.75) is 40.2 Å². The average Bonchev–Trinajstić information content (AvgIpc) is 2.76. The van der Waals surface area contributed by atoms with Gasteiger partial charge in [0.15, 0.2) is 0 Å². The van der Waals surface area contributed by atoms with Crippen LogP contribution in [0.2, 0.25) is 0 Å². The molecule has 0 radical (unpaired) electrons. The minimum atomic E-state index is 0.234. The molecule has 0 N–H and O–H groups in total. The second-order valence-corrected chi connectivity index (χ2v) is 6.30. The lowest BCUT2D eigenvalue weighted by Crippen LogP contribution is -2.20. The van der Waals surface area contributed by atoms with Crippen molar-refractivity contribution in [2.24, 2.45) is 5.41 Å². The Labute approximate surface area is 125 Å². The Hall–Kier alpha value is -1.22. The van der Waals surface area contributed by atoms with Gasteiger partial charge in [-0.1, -0.05) is 20.8 Å². The third-order valence-electron chi connectivity index (χ3n) is 3.90. The molecule has 0 saturated heterocycles. The largest absolute Gasteiger partial charge is 0.497 e. The van der Waals surface area contributed by atoms with E-state index in [9.17, 15) is 0 Å². The highest BCUT2D eigenvalue weighted by molar-refractivity contribution is 6.17. The van der Waals surface area contributed by atoms with Crippen molar-refractivity contribution >= 4 is 22.6 Å². The Bertz CT molecular complexity index is 589. The molecule has 0 unspecified atom stereocenters. The molecule has 0 saturated carbocycles. The van der Waals surface area contributed by atoms with Crippen LogP contribution in [0.15, 0.2) is 18.2 Å². The van der Waals surface area contributed by atoms with Crippen molar-refractivity contribution in [2.75, 3.05) is 13.0 Å². The first-order chi connectivity index (χ1) is 9.50. The SMILES string of the molecule is CCC(C)(C)Cn1c(CCCl)nc2ccc(OC)cc21. The zero-order valence-corrected chi connectivity index (χ0v) is 13.5. The maximum absolute atomic E-state index is 5.92. The molecule has 3 nitrogen and oxygen atoms in total. The van der Waals surface area contributed by atoms with Crippen LogP contribution in [0.5, 0.6) is 5.75 Å². The van der Waals surface area contributed by atoms with Crippen molar-refractivity contribution in [1.29, 1.82) is 0 Å². The summed E-state index contributed by atoms with van der Waals surface area (Å²) >= 11 is 5.92. The van der Waals surface area contributed by atoms with E-state index in [1.54, 1.807) is 7.11 Å². The number of methoxy groups -OCH3 is 1. The van der Waals surface area contributed by atoms with Gasteiger partial charge in [0.1, 0.15) is 11.6 Å². The lowest BCUT2D eigenvalue weighted by molar-refractivity contribution is 0.294. The van der Waals surface area contributed by atoms with Gasteiger partial charge in [0.25, 0.3) is 0 Å². The summed E-state index contributed by atoms with van der Waals surface area (Å²) in [5.74, 6) is 2.52. The molecule has 0 spiro atoms. The predicted octanol–water partition coefficient (Wildman–Crippen LogP) is 4.26. The number of aryl methyl sites for hydroxylation is 1. The Kier molecular flexibility index (Phi) is 4.59. The standard InChI is InChI=1S/C16H23ClN2O/c1-5-16(2,3)11-19-14-10-12(20-4)6-7-13(14)18-15(19)8-9-17/h6-7,10H,5,8-9,11H2,1-4H3. The number of rotatable bonds is 6. The summed E-state index contributed by atoms with van der Waals surface area (Å²) in [6.45, 7) is 7.73. The number of imidazole rings is 1. The second kappa shape index (κ2) is 6.04. The molecule has 20 heavy (non-hydrogen) atoms. The Morgan fingerprint density at radius 3 is 2.70 bits per heavy atom. The molecule has 2 aromatic rings. The highest BCUT2D eigenvalue weighted by Gasteiger charge is 2.20. The minimum Gasteiger partial charge on any atom is -0.497 e. The van der Waals surface area contributed by atoms with Gasteiger partial charge in [-0.3, -0.25) is 0 Å². The van der Waals surface area contributed by atoms with Crippen LogP contribution in [0.1, 0.15) is 33.0 Å². The molecule has 1 heterocycles.